The van der Waals surface area contributed by atoms with Gasteiger partial charge in [0.1, 0.15) is 4.88 Å². The van der Waals surface area contributed by atoms with Crippen LogP contribution in [0.1, 0.15) is 33.8 Å². The third-order valence-electron chi connectivity index (χ3n) is 4.19. The molecular weight excluding hydrogens is 298 g/mol. The predicted molar refractivity (Wildman–Crippen MR) is 84.8 cm³/mol. The molecule has 1 saturated carbocycles. The molecule has 0 radical (unpaired) electrons. The molecule has 1 atom stereocenters. The van der Waals surface area contributed by atoms with Crippen molar-refractivity contribution in [3.8, 4) is 0 Å². The standard InChI is InChI=1S/C16H19N3O2S/c1-10-15(22-9-18-10)16(21)19-14(12-7-13(20)8-12)6-11-2-4-17-5-3-11/h2-5,9,12-14,20H,6-8H2,1H3,(H,19,21). The second-order valence-corrected chi connectivity index (χ2v) is 6.65. The van der Waals surface area contributed by atoms with Gasteiger partial charge in [0.25, 0.3) is 5.91 Å². The third-order valence-corrected chi connectivity index (χ3v) is 5.12. The summed E-state index contributed by atoms with van der Waals surface area (Å²) < 4.78 is 0. The summed E-state index contributed by atoms with van der Waals surface area (Å²) in [6, 6.07) is 3.96. The Hall–Kier alpha value is -1.79. The lowest BCUT2D eigenvalue weighted by Gasteiger charge is -2.38. The number of aliphatic hydroxyl groups excluding tert-OH is 1. The Balaban J connectivity index is 1.71. The zero-order valence-corrected chi connectivity index (χ0v) is 13.2. The quantitative estimate of drug-likeness (QED) is 0.884. The van der Waals surface area contributed by atoms with E-state index >= 15 is 0 Å². The number of carbonyl (C=O) groups is 1. The number of amides is 1. The second-order valence-electron chi connectivity index (χ2n) is 5.79. The van der Waals surface area contributed by atoms with Gasteiger partial charge in [-0.2, -0.15) is 0 Å². The number of thiazole rings is 1. The maximum atomic E-state index is 12.4. The highest BCUT2D eigenvalue weighted by Crippen LogP contribution is 2.32. The number of hydrogen-bond acceptors (Lipinski definition) is 5. The van der Waals surface area contributed by atoms with Gasteiger partial charge in [-0.3, -0.25) is 9.78 Å². The summed E-state index contributed by atoms with van der Waals surface area (Å²) in [4.78, 5) is 21.3. The summed E-state index contributed by atoms with van der Waals surface area (Å²) in [5, 5.41) is 12.7. The maximum Gasteiger partial charge on any atom is 0.263 e. The van der Waals surface area contributed by atoms with Crippen LogP contribution in [0.25, 0.3) is 0 Å². The van der Waals surface area contributed by atoms with Gasteiger partial charge in [-0.25, -0.2) is 4.98 Å². The highest BCUT2D eigenvalue weighted by atomic mass is 32.1. The molecule has 116 valence electrons. The Morgan fingerprint density at radius 1 is 1.45 bits per heavy atom. The van der Waals surface area contributed by atoms with Crippen molar-refractivity contribution in [2.75, 3.05) is 0 Å². The average molecular weight is 317 g/mol. The summed E-state index contributed by atoms with van der Waals surface area (Å²) in [6.07, 6.45) is 5.54. The minimum absolute atomic E-state index is 0.0276. The fourth-order valence-electron chi connectivity index (χ4n) is 2.82. The molecular formula is C16H19N3O2S. The Labute approximate surface area is 133 Å². The van der Waals surface area contributed by atoms with E-state index in [-0.39, 0.29) is 18.1 Å². The molecule has 0 spiro atoms. The Kier molecular flexibility index (Phi) is 4.49. The van der Waals surface area contributed by atoms with Gasteiger partial charge in [0.15, 0.2) is 0 Å². The van der Waals surface area contributed by atoms with E-state index in [1.165, 1.54) is 11.3 Å². The predicted octanol–water partition coefficient (Wildman–Crippen LogP) is 1.96. The van der Waals surface area contributed by atoms with E-state index in [2.05, 4.69) is 15.3 Å². The van der Waals surface area contributed by atoms with Gasteiger partial charge in [0.05, 0.1) is 17.3 Å². The number of nitrogens with one attached hydrogen (secondary N) is 1. The van der Waals surface area contributed by atoms with Crippen molar-refractivity contribution in [1.82, 2.24) is 15.3 Å². The lowest BCUT2D eigenvalue weighted by atomic mass is 9.75. The number of hydrogen-bond donors (Lipinski definition) is 2. The number of nitrogens with zero attached hydrogens (tertiary/aromatic N) is 2. The van der Waals surface area contributed by atoms with Crippen LogP contribution in [0.15, 0.2) is 30.0 Å². The van der Waals surface area contributed by atoms with E-state index in [4.69, 9.17) is 0 Å². The number of pyridine rings is 1. The van der Waals surface area contributed by atoms with Crippen LogP contribution < -0.4 is 5.32 Å². The Bertz CT molecular complexity index is 638. The maximum absolute atomic E-state index is 12.4. The van der Waals surface area contributed by atoms with E-state index in [1.54, 1.807) is 17.9 Å². The molecule has 0 aromatic carbocycles. The van der Waals surface area contributed by atoms with Gasteiger partial charge >= 0.3 is 0 Å². The monoisotopic (exact) mass is 317 g/mol. The van der Waals surface area contributed by atoms with Gasteiger partial charge in [0.2, 0.25) is 0 Å². The molecule has 2 N–H and O–H groups in total. The Morgan fingerprint density at radius 3 is 2.77 bits per heavy atom. The number of aryl methyl sites for hydroxylation is 1. The van der Waals surface area contributed by atoms with Crippen molar-refractivity contribution in [1.29, 1.82) is 0 Å². The SMILES string of the molecule is Cc1ncsc1C(=O)NC(Cc1ccncc1)C1CC(O)C1. The smallest absolute Gasteiger partial charge is 0.263 e. The molecule has 1 aliphatic rings. The third kappa shape index (κ3) is 3.34. The highest BCUT2D eigenvalue weighted by molar-refractivity contribution is 7.11. The van der Waals surface area contributed by atoms with Crippen molar-refractivity contribution in [2.24, 2.45) is 5.92 Å². The lowest BCUT2D eigenvalue weighted by Crippen LogP contribution is -2.48. The molecule has 6 heteroatoms. The van der Waals surface area contributed by atoms with Gasteiger partial charge in [-0.15, -0.1) is 11.3 Å². The molecule has 1 amide bonds. The molecule has 5 nitrogen and oxygen atoms in total. The molecule has 0 aliphatic heterocycles. The van der Waals surface area contributed by atoms with Crippen LogP contribution in [0.2, 0.25) is 0 Å². The van der Waals surface area contributed by atoms with Crippen molar-refractivity contribution < 1.29 is 9.90 Å². The average Bonchev–Trinajstić information content (AvgIpc) is 2.91. The fraction of sp³-hybridized carbons (Fsp3) is 0.438. The minimum Gasteiger partial charge on any atom is -0.393 e. The van der Waals surface area contributed by atoms with E-state index in [9.17, 15) is 9.90 Å². The normalized spacial score (nSPS) is 21.9. The van der Waals surface area contributed by atoms with Crippen LogP contribution in [0.4, 0.5) is 0 Å². The summed E-state index contributed by atoms with van der Waals surface area (Å²) in [5.74, 6) is 0.251. The minimum atomic E-state index is -0.230. The highest BCUT2D eigenvalue weighted by Gasteiger charge is 2.35. The van der Waals surface area contributed by atoms with E-state index < -0.39 is 0 Å². The zero-order chi connectivity index (χ0) is 15.5. The Morgan fingerprint density at radius 2 is 2.18 bits per heavy atom. The molecule has 22 heavy (non-hydrogen) atoms. The largest absolute Gasteiger partial charge is 0.393 e. The summed E-state index contributed by atoms with van der Waals surface area (Å²) in [7, 11) is 0. The van der Waals surface area contributed by atoms with E-state index in [1.807, 2.05) is 19.1 Å². The van der Waals surface area contributed by atoms with E-state index in [0.717, 1.165) is 30.5 Å². The van der Waals surface area contributed by atoms with Crippen LogP contribution in [-0.2, 0) is 6.42 Å². The first-order valence-corrected chi connectivity index (χ1v) is 8.29. The molecule has 0 bridgehead atoms. The molecule has 2 aromatic rings. The zero-order valence-electron chi connectivity index (χ0n) is 12.4. The molecule has 2 aromatic heterocycles. The fourth-order valence-corrected chi connectivity index (χ4v) is 3.53. The van der Waals surface area contributed by atoms with Crippen molar-refractivity contribution in [3.63, 3.8) is 0 Å². The first kappa shape index (κ1) is 15.1. The molecule has 1 aliphatic carbocycles. The van der Waals surface area contributed by atoms with Crippen LogP contribution in [0.3, 0.4) is 0 Å². The molecule has 3 rings (SSSR count). The number of aliphatic hydroxyl groups is 1. The number of aromatic nitrogens is 2. The first-order valence-electron chi connectivity index (χ1n) is 7.41. The van der Waals surface area contributed by atoms with Crippen LogP contribution in [0, 0.1) is 12.8 Å². The van der Waals surface area contributed by atoms with Crippen LogP contribution in [0.5, 0.6) is 0 Å². The number of carbonyl (C=O) groups excluding carboxylic acids is 1. The summed E-state index contributed by atoms with van der Waals surface area (Å²) in [5.41, 5.74) is 3.59. The van der Waals surface area contributed by atoms with Crippen molar-refractivity contribution >= 4 is 17.2 Å². The lowest BCUT2D eigenvalue weighted by molar-refractivity contribution is 0.0239. The summed E-state index contributed by atoms with van der Waals surface area (Å²) >= 11 is 1.36. The molecule has 0 saturated heterocycles. The first-order chi connectivity index (χ1) is 10.6. The van der Waals surface area contributed by atoms with Crippen molar-refractivity contribution in [2.45, 2.75) is 38.3 Å². The van der Waals surface area contributed by atoms with E-state index in [0.29, 0.717) is 10.8 Å². The van der Waals surface area contributed by atoms with Gasteiger partial charge < -0.3 is 10.4 Å². The topological polar surface area (TPSA) is 75.1 Å². The summed E-state index contributed by atoms with van der Waals surface area (Å²) in [6.45, 7) is 1.84. The van der Waals surface area contributed by atoms with Crippen LogP contribution >= 0.6 is 11.3 Å². The van der Waals surface area contributed by atoms with Gasteiger partial charge in [-0.1, -0.05) is 0 Å². The number of rotatable bonds is 5. The second kappa shape index (κ2) is 6.54. The van der Waals surface area contributed by atoms with Crippen molar-refractivity contribution in [3.05, 3.63) is 46.2 Å². The van der Waals surface area contributed by atoms with Gasteiger partial charge in [-0.05, 0) is 49.8 Å². The molecule has 1 unspecified atom stereocenters. The van der Waals surface area contributed by atoms with Crippen LogP contribution in [-0.4, -0.2) is 33.1 Å². The van der Waals surface area contributed by atoms with Gasteiger partial charge in [0, 0.05) is 18.4 Å². The molecule has 2 heterocycles. The molecule has 1 fully saturated rings.